The molecule has 1 aromatic carbocycles. The molecule has 0 bridgehead atoms. The lowest BCUT2D eigenvalue weighted by atomic mass is 10.1. The minimum Gasteiger partial charge on any atom is -0.298 e. The van der Waals surface area contributed by atoms with E-state index < -0.39 is 0 Å². The fraction of sp³-hybridized carbons (Fsp3) is 0. The van der Waals surface area contributed by atoms with Crippen LogP contribution in [0.5, 0.6) is 0 Å². The number of hydrogen-bond acceptors (Lipinski definition) is 4. The number of fused-ring (bicyclic) bond motifs is 1. The van der Waals surface area contributed by atoms with E-state index >= 15 is 0 Å². The number of rotatable bonds is 2. The maximum absolute atomic E-state index is 11.0. The number of pyridine rings is 1. The molecule has 0 aliphatic rings. The van der Waals surface area contributed by atoms with Crippen LogP contribution in [0.4, 0.5) is 0 Å². The lowest BCUT2D eigenvalue weighted by molar-refractivity contribution is 0.112. The topological polar surface area (TPSA) is 71.0 Å². The van der Waals surface area contributed by atoms with Gasteiger partial charge >= 0.3 is 0 Å². The average molecular weight is 248 g/mol. The van der Waals surface area contributed by atoms with Gasteiger partial charge in [0.05, 0.1) is 17.3 Å². The highest BCUT2D eigenvalue weighted by molar-refractivity contribution is 5.80. The molecule has 0 spiro atoms. The van der Waals surface area contributed by atoms with Crippen LogP contribution in [0.2, 0.25) is 0 Å². The summed E-state index contributed by atoms with van der Waals surface area (Å²) in [5, 5.41) is 12.9. The average Bonchev–Trinajstić information content (AvgIpc) is 2.94. The van der Waals surface area contributed by atoms with E-state index in [0.717, 1.165) is 17.5 Å². The summed E-state index contributed by atoms with van der Waals surface area (Å²) in [6, 6.07) is 12.6. The van der Waals surface area contributed by atoms with Crippen LogP contribution in [0, 0.1) is 11.3 Å². The summed E-state index contributed by atoms with van der Waals surface area (Å²) in [6.45, 7) is 0. The summed E-state index contributed by atoms with van der Waals surface area (Å²) in [5.41, 5.74) is 3.38. The van der Waals surface area contributed by atoms with Gasteiger partial charge in [-0.25, -0.2) is 9.50 Å². The van der Waals surface area contributed by atoms with Gasteiger partial charge in [0.15, 0.2) is 5.65 Å². The fourth-order valence-electron chi connectivity index (χ4n) is 1.93. The summed E-state index contributed by atoms with van der Waals surface area (Å²) in [7, 11) is 0. The number of nitriles is 1. The first-order valence-electron chi connectivity index (χ1n) is 5.61. The van der Waals surface area contributed by atoms with E-state index in [-0.39, 0.29) is 0 Å². The molecule has 90 valence electrons. The lowest BCUT2D eigenvalue weighted by Crippen LogP contribution is -1.96. The van der Waals surface area contributed by atoms with Crippen LogP contribution in [0.25, 0.3) is 16.9 Å². The number of nitrogens with zero attached hydrogens (tertiary/aromatic N) is 4. The van der Waals surface area contributed by atoms with Gasteiger partial charge in [-0.3, -0.25) is 4.79 Å². The van der Waals surface area contributed by atoms with Gasteiger partial charge in [-0.15, -0.1) is 0 Å². The second-order valence-electron chi connectivity index (χ2n) is 4.01. The number of aromatic nitrogens is 3. The van der Waals surface area contributed by atoms with Gasteiger partial charge in [-0.2, -0.15) is 10.4 Å². The molecule has 0 radical (unpaired) electrons. The number of aldehydes is 1. The Morgan fingerprint density at radius 2 is 2.00 bits per heavy atom. The Kier molecular flexibility index (Phi) is 2.54. The Hall–Kier alpha value is -3.00. The maximum Gasteiger partial charge on any atom is 0.156 e. The third-order valence-electron chi connectivity index (χ3n) is 2.85. The third-order valence-corrected chi connectivity index (χ3v) is 2.85. The second kappa shape index (κ2) is 4.35. The Morgan fingerprint density at radius 3 is 2.68 bits per heavy atom. The molecule has 0 N–H and O–H groups in total. The first-order chi connectivity index (χ1) is 9.31. The van der Waals surface area contributed by atoms with Crippen LogP contribution in [0.3, 0.4) is 0 Å². The first kappa shape index (κ1) is 11.1. The van der Waals surface area contributed by atoms with E-state index in [4.69, 9.17) is 5.26 Å². The van der Waals surface area contributed by atoms with Gasteiger partial charge in [-0.05, 0) is 24.3 Å². The standard InChI is InChI=1S/C14H8N4O/c15-7-10-1-3-12(4-2-10)13-5-11(8-19)6-14-16-9-17-18(13)14/h1-6,8-9H. The molecule has 0 atom stereocenters. The zero-order valence-corrected chi connectivity index (χ0v) is 9.82. The van der Waals surface area contributed by atoms with Crippen LogP contribution in [0.15, 0.2) is 42.7 Å². The second-order valence-corrected chi connectivity index (χ2v) is 4.01. The number of carbonyl (C=O) groups is 1. The van der Waals surface area contributed by atoms with Crippen LogP contribution in [-0.4, -0.2) is 20.9 Å². The minimum atomic E-state index is 0.542. The highest BCUT2D eigenvalue weighted by Crippen LogP contribution is 2.21. The Balaban J connectivity index is 2.25. The molecule has 0 aliphatic heterocycles. The summed E-state index contributed by atoms with van der Waals surface area (Å²) in [4.78, 5) is 15.0. The summed E-state index contributed by atoms with van der Waals surface area (Å²) < 4.78 is 1.66. The molecule has 19 heavy (non-hydrogen) atoms. The van der Waals surface area contributed by atoms with E-state index in [9.17, 15) is 4.79 Å². The molecule has 0 unspecified atom stereocenters. The quantitative estimate of drug-likeness (QED) is 0.651. The minimum absolute atomic E-state index is 0.542. The predicted octanol–water partition coefficient (Wildman–Crippen LogP) is 2.08. The largest absolute Gasteiger partial charge is 0.298 e. The molecular formula is C14H8N4O. The van der Waals surface area contributed by atoms with E-state index in [1.165, 1.54) is 6.33 Å². The zero-order chi connectivity index (χ0) is 13.2. The fourth-order valence-corrected chi connectivity index (χ4v) is 1.93. The van der Waals surface area contributed by atoms with E-state index in [2.05, 4.69) is 16.2 Å². The van der Waals surface area contributed by atoms with Crippen LogP contribution >= 0.6 is 0 Å². The van der Waals surface area contributed by atoms with Gasteiger partial charge in [0.1, 0.15) is 12.6 Å². The monoisotopic (exact) mass is 248 g/mol. The van der Waals surface area contributed by atoms with Gasteiger partial charge in [0.25, 0.3) is 0 Å². The first-order valence-corrected chi connectivity index (χ1v) is 5.61. The Labute approximate surface area is 108 Å². The molecule has 0 aliphatic carbocycles. The van der Waals surface area contributed by atoms with Crippen LogP contribution < -0.4 is 0 Å². The van der Waals surface area contributed by atoms with Crippen molar-refractivity contribution in [2.45, 2.75) is 0 Å². The maximum atomic E-state index is 11.0. The van der Waals surface area contributed by atoms with E-state index in [1.54, 1.807) is 28.8 Å². The van der Waals surface area contributed by atoms with Gasteiger partial charge < -0.3 is 0 Å². The van der Waals surface area contributed by atoms with Crippen molar-refractivity contribution >= 4 is 11.9 Å². The van der Waals surface area contributed by atoms with Crippen molar-refractivity contribution in [3.8, 4) is 17.3 Å². The van der Waals surface area contributed by atoms with Crippen molar-refractivity contribution in [3.05, 3.63) is 53.9 Å². The van der Waals surface area contributed by atoms with Gasteiger partial charge in [0.2, 0.25) is 0 Å². The highest BCUT2D eigenvalue weighted by atomic mass is 16.1. The molecule has 5 nitrogen and oxygen atoms in total. The molecule has 3 aromatic rings. The van der Waals surface area contributed by atoms with Crippen molar-refractivity contribution in [2.75, 3.05) is 0 Å². The summed E-state index contributed by atoms with van der Waals surface area (Å²) in [6.07, 6.45) is 2.22. The van der Waals surface area contributed by atoms with E-state index in [0.29, 0.717) is 16.8 Å². The van der Waals surface area contributed by atoms with Crippen LogP contribution in [0.1, 0.15) is 15.9 Å². The number of hydrogen-bond donors (Lipinski definition) is 0. The molecule has 0 saturated heterocycles. The molecule has 3 rings (SSSR count). The molecule has 0 saturated carbocycles. The van der Waals surface area contributed by atoms with Crippen molar-refractivity contribution in [1.82, 2.24) is 14.6 Å². The van der Waals surface area contributed by atoms with Crippen LogP contribution in [-0.2, 0) is 0 Å². The Morgan fingerprint density at radius 1 is 1.21 bits per heavy atom. The molecule has 5 heteroatoms. The van der Waals surface area contributed by atoms with Crippen molar-refractivity contribution in [3.63, 3.8) is 0 Å². The van der Waals surface area contributed by atoms with Gasteiger partial charge in [-0.1, -0.05) is 12.1 Å². The smallest absolute Gasteiger partial charge is 0.156 e. The summed E-state index contributed by atoms with van der Waals surface area (Å²) >= 11 is 0. The van der Waals surface area contributed by atoms with Crippen molar-refractivity contribution < 1.29 is 4.79 Å². The van der Waals surface area contributed by atoms with Gasteiger partial charge in [0, 0.05) is 11.1 Å². The van der Waals surface area contributed by atoms with E-state index in [1.807, 2.05) is 12.1 Å². The molecule has 2 heterocycles. The molecular weight excluding hydrogens is 240 g/mol. The lowest BCUT2D eigenvalue weighted by Gasteiger charge is -2.05. The number of benzene rings is 1. The third kappa shape index (κ3) is 1.85. The predicted molar refractivity (Wildman–Crippen MR) is 68.5 cm³/mol. The zero-order valence-electron chi connectivity index (χ0n) is 9.82. The number of carbonyl (C=O) groups excluding carboxylic acids is 1. The van der Waals surface area contributed by atoms with Crippen molar-refractivity contribution in [1.29, 1.82) is 5.26 Å². The van der Waals surface area contributed by atoms with Crippen molar-refractivity contribution in [2.24, 2.45) is 0 Å². The Bertz CT molecular complexity index is 796. The highest BCUT2D eigenvalue weighted by Gasteiger charge is 2.08. The molecule has 0 amide bonds. The summed E-state index contributed by atoms with van der Waals surface area (Å²) in [5.74, 6) is 0. The normalized spacial score (nSPS) is 10.3. The SMILES string of the molecule is N#Cc1ccc(-c2cc(C=O)cc3ncnn23)cc1. The molecule has 2 aromatic heterocycles. The molecule has 0 fully saturated rings.